The minimum absolute atomic E-state index is 0.192. The lowest BCUT2D eigenvalue weighted by atomic mass is 9.79. The molecule has 0 spiro atoms. The van der Waals surface area contributed by atoms with Crippen molar-refractivity contribution in [2.24, 2.45) is 0 Å². The van der Waals surface area contributed by atoms with Gasteiger partial charge in [0.15, 0.2) is 0 Å². The number of carbonyl (C=O) groups excluding carboxylic acids is 1. The minimum Gasteiger partial charge on any atom is -0.399 e. The maximum Gasteiger partial charge on any atom is 0.494 e. The summed E-state index contributed by atoms with van der Waals surface area (Å²) in [5.74, 6) is -0.192. The topological polar surface area (TPSA) is 47.6 Å². The summed E-state index contributed by atoms with van der Waals surface area (Å²) in [6, 6.07) is 5.27. The van der Waals surface area contributed by atoms with Crippen LogP contribution in [0.1, 0.15) is 58.8 Å². The van der Waals surface area contributed by atoms with E-state index in [-0.39, 0.29) is 11.4 Å². The maximum atomic E-state index is 12.3. The quantitative estimate of drug-likeness (QED) is 0.843. The summed E-state index contributed by atoms with van der Waals surface area (Å²) in [6.45, 7) is 13.8. The Kier molecular flexibility index (Phi) is 4.61. The number of hydrogen-bond donors (Lipinski definition) is 1. The molecule has 0 saturated carbocycles. The van der Waals surface area contributed by atoms with Crippen LogP contribution in [0.3, 0.4) is 0 Å². The lowest BCUT2D eigenvalue weighted by molar-refractivity contribution is 0.00578. The van der Waals surface area contributed by atoms with Gasteiger partial charge in [-0.1, -0.05) is 17.7 Å². The average Bonchev–Trinajstić information content (AvgIpc) is 2.56. The summed E-state index contributed by atoms with van der Waals surface area (Å²) in [7, 11) is -0.489. The molecule has 1 saturated heterocycles. The molecule has 0 radical (unpaired) electrons. The van der Waals surface area contributed by atoms with Gasteiger partial charge in [0.1, 0.15) is 0 Å². The number of benzene rings is 1. The third-order valence-corrected chi connectivity index (χ3v) is 4.56. The van der Waals surface area contributed by atoms with Crippen LogP contribution in [0, 0.1) is 0 Å². The average molecular weight is 338 g/mol. The minimum atomic E-state index is -0.489. The summed E-state index contributed by atoms with van der Waals surface area (Å²) in [5.41, 5.74) is 0.117. The zero-order chi connectivity index (χ0) is 17.6. The van der Waals surface area contributed by atoms with Crippen molar-refractivity contribution >= 4 is 30.1 Å². The number of halogens is 1. The molecule has 2 rings (SSSR count). The first-order valence-electron chi connectivity index (χ1n) is 7.80. The molecule has 1 fully saturated rings. The van der Waals surface area contributed by atoms with Gasteiger partial charge >= 0.3 is 7.12 Å². The van der Waals surface area contributed by atoms with Crippen molar-refractivity contribution in [1.82, 2.24) is 5.32 Å². The Labute approximate surface area is 144 Å². The van der Waals surface area contributed by atoms with Gasteiger partial charge < -0.3 is 14.6 Å². The fourth-order valence-corrected chi connectivity index (χ4v) is 2.52. The molecular weight excluding hydrogens is 312 g/mol. The number of amides is 1. The fourth-order valence-electron chi connectivity index (χ4n) is 2.25. The van der Waals surface area contributed by atoms with Gasteiger partial charge in [-0.05, 0) is 66.1 Å². The Bertz CT molecular complexity index is 607. The molecule has 1 aromatic rings. The third-order valence-electron chi connectivity index (χ3n) is 4.25. The molecule has 126 valence electrons. The van der Waals surface area contributed by atoms with E-state index >= 15 is 0 Å². The van der Waals surface area contributed by atoms with Crippen LogP contribution in [0.5, 0.6) is 0 Å². The summed E-state index contributed by atoms with van der Waals surface area (Å²) in [6.07, 6.45) is 0. The van der Waals surface area contributed by atoms with Crippen LogP contribution >= 0.6 is 11.6 Å². The van der Waals surface area contributed by atoms with Gasteiger partial charge in [-0.25, -0.2) is 0 Å². The lowest BCUT2D eigenvalue weighted by Gasteiger charge is -2.32. The van der Waals surface area contributed by atoms with E-state index in [1.165, 1.54) is 0 Å². The molecule has 4 nitrogen and oxygen atoms in total. The largest absolute Gasteiger partial charge is 0.494 e. The van der Waals surface area contributed by atoms with E-state index in [0.29, 0.717) is 10.6 Å². The zero-order valence-electron chi connectivity index (χ0n) is 14.9. The van der Waals surface area contributed by atoms with E-state index in [1.54, 1.807) is 12.1 Å². The zero-order valence-corrected chi connectivity index (χ0v) is 15.7. The summed E-state index contributed by atoms with van der Waals surface area (Å²) < 4.78 is 12.0. The van der Waals surface area contributed by atoms with Crippen LogP contribution in [0.4, 0.5) is 0 Å². The second-order valence-electron chi connectivity index (χ2n) is 8.03. The SMILES string of the molecule is CC(C)(C)NC(=O)c1ccc(B2OC(C)(C)C(C)(C)O2)cc1Cl. The van der Waals surface area contributed by atoms with E-state index in [9.17, 15) is 4.79 Å². The Balaban J connectivity index is 2.23. The Morgan fingerprint density at radius 3 is 2.09 bits per heavy atom. The molecule has 1 amide bonds. The van der Waals surface area contributed by atoms with Crippen molar-refractivity contribution < 1.29 is 14.1 Å². The Morgan fingerprint density at radius 1 is 1.13 bits per heavy atom. The maximum absolute atomic E-state index is 12.3. The van der Waals surface area contributed by atoms with Crippen LogP contribution in [0.15, 0.2) is 18.2 Å². The van der Waals surface area contributed by atoms with Crippen molar-refractivity contribution in [3.63, 3.8) is 0 Å². The molecule has 0 bridgehead atoms. The number of rotatable bonds is 2. The predicted molar refractivity (Wildman–Crippen MR) is 94.4 cm³/mol. The molecule has 1 aliphatic rings. The van der Waals surface area contributed by atoms with Gasteiger partial charge in [0.05, 0.1) is 21.8 Å². The van der Waals surface area contributed by atoms with Gasteiger partial charge in [-0.2, -0.15) is 0 Å². The Hall–Kier alpha value is -1.04. The van der Waals surface area contributed by atoms with Gasteiger partial charge in [-0.15, -0.1) is 0 Å². The Morgan fingerprint density at radius 2 is 1.65 bits per heavy atom. The molecule has 0 atom stereocenters. The monoisotopic (exact) mass is 337 g/mol. The molecule has 0 aliphatic carbocycles. The fraction of sp³-hybridized carbons (Fsp3) is 0.588. The first-order valence-corrected chi connectivity index (χ1v) is 8.18. The van der Waals surface area contributed by atoms with Crippen LogP contribution in [0.2, 0.25) is 5.02 Å². The van der Waals surface area contributed by atoms with Crippen LogP contribution < -0.4 is 10.8 Å². The molecule has 1 aliphatic heterocycles. The molecule has 1 aromatic carbocycles. The second-order valence-corrected chi connectivity index (χ2v) is 8.44. The highest BCUT2D eigenvalue weighted by Gasteiger charge is 2.51. The van der Waals surface area contributed by atoms with Crippen molar-refractivity contribution in [3.05, 3.63) is 28.8 Å². The van der Waals surface area contributed by atoms with Gasteiger partial charge in [-0.3, -0.25) is 4.79 Å². The van der Waals surface area contributed by atoms with Crippen LogP contribution in [-0.2, 0) is 9.31 Å². The normalized spacial score (nSPS) is 19.7. The van der Waals surface area contributed by atoms with Crippen molar-refractivity contribution in [2.45, 2.75) is 65.2 Å². The first kappa shape index (κ1) is 18.3. The first-order chi connectivity index (χ1) is 10.3. The standard InChI is InChI=1S/C17H25BClNO3/c1-15(2,3)20-14(21)12-9-8-11(10-13(12)19)18-22-16(4,5)17(6,7)23-18/h8-10H,1-7H3,(H,20,21). The molecule has 1 N–H and O–H groups in total. The van der Waals surface area contributed by atoms with E-state index in [2.05, 4.69) is 5.32 Å². The summed E-state index contributed by atoms with van der Waals surface area (Å²) in [5, 5.41) is 3.29. The third kappa shape index (κ3) is 3.90. The highest BCUT2D eigenvalue weighted by molar-refractivity contribution is 6.62. The summed E-state index contributed by atoms with van der Waals surface area (Å²) in [4.78, 5) is 12.3. The molecular formula is C17H25BClNO3. The number of carbonyl (C=O) groups is 1. The lowest BCUT2D eigenvalue weighted by Crippen LogP contribution is -2.41. The highest BCUT2D eigenvalue weighted by Crippen LogP contribution is 2.36. The van der Waals surface area contributed by atoms with Crippen LogP contribution in [0.25, 0.3) is 0 Å². The number of hydrogen-bond acceptors (Lipinski definition) is 3. The van der Waals surface area contributed by atoms with E-state index in [1.807, 2.05) is 54.5 Å². The molecule has 0 aromatic heterocycles. The van der Waals surface area contributed by atoms with Gasteiger partial charge in [0.2, 0.25) is 0 Å². The van der Waals surface area contributed by atoms with E-state index < -0.39 is 18.3 Å². The smallest absolute Gasteiger partial charge is 0.399 e. The predicted octanol–water partition coefficient (Wildman–Crippen LogP) is 3.17. The molecule has 6 heteroatoms. The molecule has 23 heavy (non-hydrogen) atoms. The van der Waals surface area contributed by atoms with Crippen molar-refractivity contribution in [2.75, 3.05) is 0 Å². The second kappa shape index (κ2) is 5.80. The number of nitrogens with one attached hydrogen (secondary N) is 1. The summed E-state index contributed by atoms with van der Waals surface area (Å²) >= 11 is 6.30. The van der Waals surface area contributed by atoms with E-state index in [4.69, 9.17) is 20.9 Å². The highest BCUT2D eigenvalue weighted by atomic mass is 35.5. The molecule has 1 heterocycles. The van der Waals surface area contributed by atoms with Gasteiger partial charge in [0.25, 0.3) is 5.91 Å². The van der Waals surface area contributed by atoms with Crippen molar-refractivity contribution in [1.29, 1.82) is 0 Å². The van der Waals surface area contributed by atoms with E-state index in [0.717, 1.165) is 5.46 Å². The molecule has 0 unspecified atom stereocenters. The van der Waals surface area contributed by atoms with Crippen molar-refractivity contribution in [3.8, 4) is 0 Å². The van der Waals surface area contributed by atoms with Gasteiger partial charge in [0, 0.05) is 5.54 Å². The van der Waals surface area contributed by atoms with Crippen LogP contribution in [-0.4, -0.2) is 29.8 Å².